The number of guanidine groups is 1. The highest BCUT2D eigenvalue weighted by Gasteiger charge is 2.09. The Hall–Kier alpha value is -1.24. The van der Waals surface area contributed by atoms with Crippen molar-refractivity contribution in [2.75, 3.05) is 14.1 Å². The highest BCUT2D eigenvalue weighted by atomic mass is 127. The van der Waals surface area contributed by atoms with E-state index in [1.807, 2.05) is 32.0 Å². The lowest BCUT2D eigenvalue weighted by atomic mass is 10.1. The van der Waals surface area contributed by atoms with Crippen molar-refractivity contribution >= 4 is 51.3 Å². The molecule has 3 N–H and O–H groups in total. The van der Waals surface area contributed by atoms with E-state index in [4.69, 9.17) is 0 Å². The number of aromatic nitrogens is 1. The summed E-state index contributed by atoms with van der Waals surface area (Å²) >= 11 is 1.67. The molecule has 0 aliphatic carbocycles. The van der Waals surface area contributed by atoms with Crippen molar-refractivity contribution in [2.45, 2.75) is 32.7 Å². The number of hydrogen-bond donors (Lipinski definition) is 3. The van der Waals surface area contributed by atoms with Gasteiger partial charge in [0, 0.05) is 18.5 Å². The van der Waals surface area contributed by atoms with E-state index >= 15 is 0 Å². The van der Waals surface area contributed by atoms with Crippen molar-refractivity contribution in [1.82, 2.24) is 20.3 Å². The molecule has 10 heteroatoms. The zero-order valence-electron chi connectivity index (χ0n) is 15.9. The first-order valence-electron chi connectivity index (χ1n) is 8.19. The molecule has 0 spiro atoms. The van der Waals surface area contributed by atoms with Gasteiger partial charge in [-0.2, -0.15) is 0 Å². The lowest BCUT2D eigenvalue weighted by Crippen LogP contribution is -2.36. The normalized spacial score (nSPS) is 11.8. The Morgan fingerprint density at radius 3 is 2.44 bits per heavy atom. The minimum Gasteiger partial charge on any atom is -0.352 e. The molecule has 0 aliphatic heterocycles. The summed E-state index contributed by atoms with van der Waals surface area (Å²) < 4.78 is 25.7. The summed E-state index contributed by atoms with van der Waals surface area (Å²) in [7, 11) is -0.140. The van der Waals surface area contributed by atoms with Gasteiger partial charge in [-0.05, 0) is 32.0 Å². The average Bonchev–Trinajstić information content (AvgIpc) is 2.92. The highest BCUT2D eigenvalue weighted by molar-refractivity contribution is 14.0. The van der Waals surface area contributed by atoms with Crippen LogP contribution >= 0.6 is 35.3 Å². The summed E-state index contributed by atoms with van der Waals surface area (Å²) in [6.07, 6.45) is 0. The molecule has 0 unspecified atom stereocenters. The molecule has 0 saturated carbocycles. The van der Waals surface area contributed by atoms with Crippen LogP contribution in [0.3, 0.4) is 0 Å². The first-order chi connectivity index (χ1) is 12.3. The molecule has 2 aromatic rings. The molecule has 0 aliphatic rings. The van der Waals surface area contributed by atoms with Crippen molar-refractivity contribution in [3.05, 3.63) is 51.0 Å². The van der Waals surface area contributed by atoms with Crippen molar-refractivity contribution < 1.29 is 8.42 Å². The van der Waals surface area contributed by atoms with Crippen LogP contribution in [0.4, 0.5) is 0 Å². The van der Waals surface area contributed by atoms with Gasteiger partial charge in [0.1, 0.15) is 0 Å². The maximum atomic E-state index is 11.7. The van der Waals surface area contributed by atoms with Gasteiger partial charge < -0.3 is 10.6 Å². The van der Waals surface area contributed by atoms with Gasteiger partial charge in [-0.15, -0.1) is 35.3 Å². The third-order valence-corrected chi connectivity index (χ3v) is 6.17. The average molecular weight is 523 g/mol. The number of nitrogens with one attached hydrogen (secondary N) is 3. The molecule has 0 radical (unpaired) electrons. The number of halogens is 1. The number of thiazole rings is 1. The largest absolute Gasteiger partial charge is 0.352 e. The van der Waals surface area contributed by atoms with Crippen LogP contribution in [-0.2, 0) is 28.9 Å². The fraction of sp³-hybridized carbons (Fsp3) is 0.412. The first kappa shape index (κ1) is 23.8. The predicted octanol–water partition coefficient (Wildman–Crippen LogP) is 2.29. The van der Waals surface area contributed by atoms with E-state index in [1.54, 1.807) is 24.5 Å². The second kappa shape index (κ2) is 10.9. The van der Waals surface area contributed by atoms with Crippen LogP contribution in [0.2, 0.25) is 0 Å². The maximum absolute atomic E-state index is 11.7. The number of aliphatic imine (C=N–C) groups is 1. The Balaban J connectivity index is 0.00000364. The van der Waals surface area contributed by atoms with Gasteiger partial charge >= 0.3 is 0 Å². The summed E-state index contributed by atoms with van der Waals surface area (Å²) in [5, 5.41) is 7.57. The summed E-state index contributed by atoms with van der Waals surface area (Å²) in [4.78, 5) is 9.83. The molecule has 2 rings (SSSR count). The van der Waals surface area contributed by atoms with Crippen LogP contribution < -0.4 is 15.4 Å². The fourth-order valence-electron chi connectivity index (χ4n) is 2.43. The Morgan fingerprint density at radius 1 is 1.19 bits per heavy atom. The third-order valence-electron chi connectivity index (χ3n) is 3.76. The minimum absolute atomic E-state index is 0. The zero-order valence-corrected chi connectivity index (χ0v) is 19.8. The molecule has 1 heterocycles. The van der Waals surface area contributed by atoms with Gasteiger partial charge in [0.15, 0.2) is 5.96 Å². The molecule has 27 heavy (non-hydrogen) atoms. The van der Waals surface area contributed by atoms with Crippen molar-refractivity contribution in [2.24, 2.45) is 4.99 Å². The molecule has 1 aromatic carbocycles. The van der Waals surface area contributed by atoms with Gasteiger partial charge in [-0.1, -0.05) is 24.3 Å². The van der Waals surface area contributed by atoms with E-state index in [0.717, 1.165) is 21.8 Å². The molecule has 1 aromatic heterocycles. The Labute approximate surface area is 182 Å². The van der Waals surface area contributed by atoms with Gasteiger partial charge in [0.2, 0.25) is 10.0 Å². The molecule has 0 atom stereocenters. The van der Waals surface area contributed by atoms with Gasteiger partial charge in [-0.3, -0.25) is 4.99 Å². The first-order valence-corrected chi connectivity index (χ1v) is 10.7. The van der Waals surface area contributed by atoms with E-state index in [2.05, 4.69) is 25.3 Å². The van der Waals surface area contributed by atoms with Crippen LogP contribution in [0.25, 0.3) is 0 Å². The van der Waals surface area contributed by atoms with Gasteiger partial charge in [-0.25, -0.2) is 18.1 Å². The SMILES string of the molecule is CN=C(NCc1cccc(CS(=O)(=O)NC)c1)NCc1sc(C)nc1C.I. The zero-order chi connectivity index (χ0) is 19.2. The third kappa shape index (κ3) is 7.72. The minimum atomic E-state index is -3.28. The number of benzene rings is 1. The van der Waals surface area contributed by atoms with Crippen LogP contribution in [0.15, 0.2) is 29.3 Å². The Kier molecular flexibility index (Phi) is 9.63. The second-order valence-corrected chi connectivity index (χ2v) is 9.02. The quantitative estimate of drug-likeness (QED) is 0.294. The molecule has 150 valence electrons. The Bertz CT molecular complexity index is 881. The molecule has 0 saturated heterocycles. The standard InChI is InChI=1S/C17H25N5O2S2.HI/c1-12-16(25-13(2)22-12)10-21-17(18-3)20-9-14-6-5-7-15(8-14)11-26(23,24)19-4;/h5-8,19H,9-11H2,1-4H3,(H2,18,20,21);1H. The monoisotopic (exact) mass is 523 g/mol. The molecule has 0 amide bonds. The van der Waals surface area contributed by atoms with Gasteiger partial charge in [0.05, 0.1) is 23.0 Å². The Morgan fingerprint density at radius 2 is 1.85 bits per heavy atom. The number of hydrogen-bond acceptors (Lipinski definition) is 5. The summed E-state index contributed by atoms with van der Waals surface area (Å²) in [6.45, 7) is 5.21. The highest BCUT2D eigenvalue weighted by Crippen LogP contribution is 2.16. The predicted molar refractivity (Wildman–Crippen MR) is 122 cm³/mol. The van der Waals surface area contributed by atoms with E-state index in [0.29, 0.717) is 19.0 Å². The van der Waals surface area contributed by atoms with Gasteiger partial charge in [0.25, 0.3) is 0 Å². The second-order valence-electron chi connectivity index (χ2n) is 5.80. The molecule has 0 fully saturated rings. The summed E-state index contributed by atoms with van der Waals surface area (Å²) in [6, 6.07) is 7.50. The molecule has 7 nitrogen and oxygen atoms in total. The van der Waals surface area contributed by atoms with Crippen molar-refractivity contribution in [1.29, 1.82) is 0 Å². The molecular weight excluding hydrogens is 497 g/mol. The maximum Gasteiger partial charge on any atom is 0.215 e. The fourth-order valence-corrected chi connectivity index (χ4v) is 4.07. The number of rotatable bonds is 7. The van der Waals surface area contributed by atoms with E-state index in [1.165, 1.54) is 11.9 Å². The topological polar surface area (TPSA) is 95.5 Å². The van der Waals surface area contributed by atoms with Crippen molar-refractivity contribution in [3.63, 3.8) is 0 Å². The smallest absolute Gasteiger partial charge is 0.215 e. The van der Waals surface area contributed by atoms with Crippen LogP contribution in [0, 0.1) is 13.8 Å². The van der Waals surface area contributed by atoms with E-state index in [9.17, 15) is 8.42 Å². The number of sulfonamides is 1. The molecular formula is C17H26IN5O2S2. The summed E-state index contributed by atoms with van der Waals surface area (Å²) in [5.74, 6) is 0.651. The lowest BCUT2D eigenvalue weighted by Gasteiger charge is -2.12. The van der Waals surface area contributed by atoms with Crippen molar-refractivity contribution in [3.8, 4) is 0 Å². The number of nitrogens with zero attached hydrogens (tertiary/aromatic N) is 2. The number of aryl methyl sites for hydroxylation is 2. The van der Waals surface area contributed by atoms with Crippen LogP contribution in [0.5, 0.6) is 0 Å². The molecule has 0 bridgehead atoms. The van der Waals surface area contributed by atoms with Crippen LogP contribution in [-0.4, -0.2) is 33.5 Å². The van der Waals surface area contributed by atoms with Crippen LogP contribution in [0.1, 0.15) is 26.7 Å². The lowest BCUT2D eigenvalue weighted by molar-refractivity contribution is 0.587. The van der Waals surface area contributed by atoms with E-state index < -0.39 is 10.0 Å². The summed E-state index contributed by atoms with van der Waals surface area (Å²) in [5.41, 5.74) is 2.77. The van der Waals surface area contributed by atoms with E-state index in [-0.39, 0.29) is 29.7 Å².